The Hall–Kier alpha value is -1.22. The van der Waals surface area contributed by atoms with E-state index < -0.39 is 0 Å². The highest BCUT2D eigenvalue weighted by atomic mass is 16.5. The summed E-state index contributed by atoms with van der Waals surface area (Å²) in [5, 5.41) is 3.55. The van der Waals surface area contributed by atoms with E-state index >= 15 is 0 Å². The Morgan fingerprint density at radius 1 is 1.05 bits per heavy atom. The van der Waals surface area contributed by atoms with Crippen LogP contribution in [0.25, 0.3) is 0 Å². The first-order valence-electron chi connectivity index (χ1n) is 6.86. The van der Waals surface area contributed by atoms with Gasteiger partial charge < -0.3 is 14.8 Å². The van der Waals surface area contributed by atoms with Crippen LogP contribution in [-0.4, -0.2) is 20.8 Å². The summed E-state index contributed by atoms with van der Waals surface area (Å²) in [5.74, 6) is 1.68. The minimum absolute atomic E-state index is 0.267. The van der Waals surface area contributed by atoms with E-state index in [1.54, 1.807) is 14.2 Å². The Morgan fingerprint density at radius 3 is 1.95 bits per heavy atom. The number of benzene rings is 1. The summed E-state index contributed by atoms with van der Waals surface area (Å²) in [7, 11) is 3.37. The van der Waals surface area contributed by atoms with Crippen LogP contribution in [0.4, 0.5) is 0 Å². The summed E-state index contributed by atoms with van der Waals surface area (Å²) in [6, 6.07) is 6.39. The van der Waals surface area contributed by atoms with E-state index in [4.69, 9.17) is 9.47 Å². The lowest BCUT2D eigenvalue weighted by Gasteiger charge is -2.27. The third-order valence-electron chi connectivity index (χ3n) is 3.04. The van der Waals surface area contributed by atoms with Crippen molar-refractivity contribution in [3.05, 3.63) is 23.8 Å². The van der Waals surface area contributed by atoms with Crippen molar-refractivity contribution in [3.63, 3.8) is 0 Å². The molecule has 1 unspecified atom stereocenters. The van der Waals surface area contributed by atoms with Crippen molar-refractivity contribution in [1.29, 1.82) is 0 Å². The van der Waals surface area contributed by atoms with Gasteiger partial charge in [0.25, 0.3) is 0 Å². The molecule has 0 saturated heterocycles. The van der Waals surface area contributed by atoms with Crippen molar-refractivity contribution in [2.45, 2.75) is 40.2 Å². The van der Waals surface area contributed by atoms with Crippen molar-refractivity contribution in [1.82, 2.24) is 5.32 Å². The predicted molar refractivity (Wildman–Crippen MR) is 80.0 cm³/mol. The molecule has 3 nitrogen and oxygen atoms in total. The Balaban J connectivity index is 3.06. The number of nitrogens with one attached hydrogen (secondary N) is 1. The van der Waals surface area contributed by atoms with E-state index in [0.29, 0.717) is 6.04 Å². The number of hydrogen-bond donors (Lipinski definition) is 1. The maximum Gasteiger partial charge on any atom is 0.122 e. The van der Waals surface area contributed by atoms with Crippen molar-refractivity contribution in [3.8, 4) is 11.5 Å². The Kier molecular flexibility index (Phi) is 5.67. The van der Waals surface area contributed by atoms with Crippen LogP contribution in [0.5, 0.6) is 11.5 Å². The molecule has 0 saturated carbocycles. The zero-order valence-electron chi connectivity index (χ0n) is 13.0. The monoisotopic (exact) mass is 265 g/mol. The van der Waals surface area contributed by atoms with E-state index in [9.17, 15) is 0 Å². The van der Waals surface area contributed by atoms with Gasteiger partial charge >= 0.3 is 0 Å². The summed E-state index contributed by atoms with van der Waals surface area (Å²) >= 11 is 0. The largest absolute Gasteiger partial charge is 0.497 e. The van der Waals surface area contributed by atoms with Gasteiger partial charge in [0.05, 0.1) is 14.2 Å². The third-order valence-corrected chi connectivity index (χ3v) is 3.04. The number of methoxy groups -OCH3 is 2. The van der Waals surface area contributed by atoms with Gasteiger partial charge in [-0.3, -0.25) is 0 Å². The zero-order chi connectivity index (χ0) is 14.5. The molecule has 0 amide bonds. The molecule has 0 aliphatic carbocycles. The lowest BCUT2D eigenvalue weighted by atomic mass is 9.85. The summed E-state index contributed by atoms with van der Waals surface area (Å²) in [4.78, 5) is 0. The van der Waals surface area contributed by atoms with Crippen LogP contribution < -0.4 is 14.8 Å². The highest BCUT2D eigenvalue weighted by Gasteiger charge is 2.20. The predicted octanol–water partition coefficient (Wildman–Crippen LogP) is 3.79. The van der Waals surface area contributed by atoms with Gasteiger partial charge in [0.2, 0.25) is 0 Å². The fraction of sp³-hybridized carbons (Fsp3) is 0.625. The van der Waals surface area contributed by atoms with E-state index in [-0.39, 0.29) is 5.41 Å². The molecule has 1 N–H and O–H groups in total. The lowest BCUT2D eigenvalue weighted by molar-refractivity contribution is 0.312. The van der Waals surface area contributed by atoms with Crippen molar-refractivity contribution >= 4 is 0 Å². The summed E-state index contributed by atoms with van der Waals surface area (Å²) < 4.78 is 10.7. The second-order valence-electron chi connectivity index (χ2n) is 6.02. The van der Waals surface area contributed by atoms with Gasteiger partial charge in [0.15, 0.2) is 0 Å². The average Bonchev–Trinajstić information content (AvgIpc) is 2.36. The van der Waals surface area contributed by atoms with E-state index in [0.717, 1.165) is 24.5 Å². The number of hydrogen-bond acceptors (Lipinski definition) is 3. The third kappa shape index (κ3) is 5.11. The molecule has 0 aliphatic heterocycles. The fourth-order valence-electron chi connectivity index (χ4n) is 2.20. The first-order valence-corrected chi connectivity index (χ1v) is 6.86. The molecule has 1 aromatic carbocycles. The molecular formula is C16H27NO2. The molecule has 0 heterocycles. The topological polar surface area (TPSA) is 30.5 Å². The van der Waals surface area contributed by atoms with Crippen molar-refractivity contribution in [2.24, 2.45) is 5.41 Å². The number of ether oxygens (including phenoxy) is 2. The lowest BCUT2D eigenvalue weighted by Crippen LogP contribution is -2.25. The van der Waals surface area contributed by atoms with Crippen LogP contribution in [0.1, 0.15) is 45.7 Å². The van der Waals surface area contributed by atoms with Gasteiger partial charge in [0.1, 0.15) is 11.5 Å². The van der Waals surface area contributed by atoms with Gasteiger partial charge in [0, 0.05) is 12.1 Å². The second kappa shape index (κ2) is 6.80. The van der Waals surface area contributed by atoms with E-state index in [2.05, 4.69) is 45.1 Å². The second-order valence-corrected chi connectivity index (χ2v) is 6.02. The van der Waals surface area contributed by atoms with E-state index in [1.165, 1.54) is 5.56 Å². The smallest absolute Gasteiger partial charge is 0.122 e. The van der Waals surface area contributed by atoms with Crippen LogP contribution >= 0.6 is 0 Å². The maximum atomic E-state index is 5.35. The fourth-order valence-corrected chi connectivity index (χ4v) is 2.20. The Bertz CT molecular complexity index is 374. The number of rotatable bonds is 6. The first kappa shape index (κ1) is 15.8. The normalized spacial score (nSPS) is 13.2. The van der Waals surface area contributed by atoms with Crippen LogP contribution in [0.15, 0.2) is 18.2 Å². The molecule has 0 fully saturated rings. The molecule has 108 valence electrons. The van der Waals surface area contributed by atoms with Gasteiger partial charge in [-0.15, -0.1) is 0 Å². The van der Waals surface area contributed by atoms with Crippen LogP contribution in [0, 0.1) is 5.41 Å². The van der Waals surface area contributed by atoms with Crippen molar-refractivity contribution in [2.75, 3.05) is 20.8 Å². The van der Waals surface area contributed by atoms with Crippen LogP contribution in [0.3, 0.4) is 0 Å². The SMILES string of the molecule is CCNC(CC(C)(C)C)c1cc(OC)cc(OC)c1. The molecular weight excluding hydrogens is 238 g/mol. The molecule has 0 spiro atoms. The van der Waals surface area contributed by atoms with Gasteiger partial charge in [-0.2, -0.15) is 0 Å². The highest BCUT2D eigenvalue weighted by molar-refractivity contribution is 5.39. The molecule has 3 heteroatoms. The standard InChI is InChI=1S/C16H27NO2/c1-7-17-15(11-16(2,3)4)12-8-13(18-5)10-14(9-12)19-6/h8-10,15,17H,7,11H2,1-6H3. The van der Waals surface area contributed by atoms with Crippen LogP contribution in [-0.2, 0) is 0 Å². The first-order chi connectivity index (χ1) is 8.89. The molecule has 0 aliphatic rings. The molecule has 0 bridgehead atoms. The van der Waals surface area contributed by atoms with Crippen LogP contribution in [0.2, 0.25) is 0 Å². The summed E-state index contributed by atoms with van der Waals surface area (Å²) in [6.07, 6.45) is 1.07. The highest BCUT2D eigenvalue weighted by Crippen LogP contribution is 2.33. The minimum atomic E-state index is 0.267. The van der Waals surface area contributed by atoms with E-state index in [1.807, 2.05) is 6.07 Å². The molecule has 0 aromatic heterocycles. The van der Waals surface area contributed by atoms with Gasteiger partial charge in [-0.25, -0.2) is 0 Å². The minimum Gasteiger partial charge on any atom is -0.497 e. The Labute approximate surface area is 117 Å². The summed E-state index contributed by atoms with van der Waals surface area (Å²) in [5.41, 5.74) is 1.48. The summed E-state index contributed by atoms with van der Waals surface area (Å²) in [6.45, 7) is 9.85. The average molecular weight is 265 g/mol. The molecule has 19 heavy (non-hydrogen) atoms. The molecule has 1 aromatic rings. The zero-order valence-corrected chi connectivity index (χ0v) is 13.0. The van der Waals surface area contributed by atoms with Gasteiger partial charge in [-0.1, -0.05) is 27.7 Å². The Morgan fingerprint density at radius 2 is 1.58 bits per heavy atom. The van der Waals surface area contributed by atoms with Crippen molar-refractivity contribution < 1.29 is 9.47 Å². The quantitative estimate of drug-likeness (QED) is 0.849. The molecule has 1 atom stereocenters. The van der Waals surface area contributed by atoms with Gasteiger partial charge in [-0.05, 0) is 36.1 Å². The molecule has 1 rings (SSSR count). The maximum absolute atomic E-state index is 5.35. The molecule has 0 radical (unpaired) electrons.